The average molecular weight is 279 g/mol. The molecule has 1 aromatic carbocycles. The Morgan fingerprint density at radius 2 is 1.84 bits per heavy atom. The van der Waals surface area contributed by atoms with Crippen molar-refractivity contribution in [3.8, 4) is 0 Å². The lowest BCUT2D eigenvalue weighted by molar-refractivity contribution is 0.490. The predicted octanol–water partition coefficient (Wildman–Crippen LogP) is 4.29. The van der Waals surface area contributed by atoms with Crippen LogP contribution in [0.3, 0.4) is 0 Å². The van der Waals surface area contributed by atoms with Crippen molar-refractivity contribution in [2.45, 2.75) is 25.9 Å². The van der Waals surface area contributed by atoms with Gasteiger partial charge in [-0.2, -0.15) is 0 Å². The first-order valence-electron chi connectivity index (χ1n) is 6.18. The molecule has 0 spiro atoms. The Morgan fingerprint density at radius 1 is 1.11 bits per heavy atom. The summed E-state index contributed by atoms with van der Waals surface area (Å²) in [5, 5.41) is 4.12. The quantitative estimate of drug-likeness (QED) is 0.903. The molecule has 1 unspecified atom stereocenters. The maximum absolute atomic E-state index is 13.1. The maximum Gasteiger partial charge on any atom is 0.141 e. The highest BCUT2D eigenvalue weighted by Gasteiger charge is 2.12. The van der Waals surface area contributed by atoms with E-state index < -0.39 is 0 Å². The van der Waals surface area contributed by atoms with Crippen molar-refractivity contribution < 1.29 is 4.39 Å². The van der Waals surface area contributed by atoms with Gasteiger partial charge in [-0.15, -0.1) is 0 Å². The minimum Gasteiger partial charge on any atom is -0.304 e. The van der Waals surface area contributed by atoms with E-state index >= 15 is 0 Å². The molecular weight excluding hydrogens is 263 g/mol. The van der Waals surface area contributed by atoms with Crippen LogP contribution in [-0.2, 0) is 0 Å². The van der Waals surface area contributed by atoms with Crippen LogP contribution >= 0.6 is 11.6 Å². The first kappa shape index (κ1) is 14.0. The third-order valence-corrected chi connectivity index (χ3v) is 3.31. The van der Waals surface area contributed by atoms with Gasteiger partial charge < -0.3 is 5.32 Å². The molecule has 2 aromatic rings. The second-order valence-electron chi connectivity index (χ2n) is 4.60. The fraction of sp³-hybridized carbons (Fsp3) is 0.267. The summed E-state index contributed by atoms with van der Waals surface area (Å²) in [4.78, 5) is 3.86. The number of nitrogens with zero attached hydrogens (tertiary/aromatic N) is 1. The van der Waals surface area contributed by atoms with E-state index in [-0.39, 0.29) is 17.9 Å². The lowest BCUT2D eigenvalue weighted by Gasteiger charge is -2.20. The van der Waals surface area contributed by atoms with Gasteiger partial charge in [0.2, 0.25) is 0 Å². The molecule has 0 aliphatic carbocycles. The number of rotatable bonds is 4. The summed E-state index contributed by atoms with van der Waals surface area (Å²) in [6.07, 6.45) is 2.88. The van der Waals surface area contributed by atoms with Gasteiger partial charge in [-0.05, 0) is 43.2 Å². The summed E-state index contributed by atoms with van der Waals surface area (Å²) < 4.78 is 13.1. The molecule has 2 rings (SSSR count). The summed E-state index contributed by atoms with van der Waals surface area (Å²) in [5.74, 6) is -0.318. The summed E-state index contributed by atoms with van der Waals surface area (Å²) in [6.45, 7) is 4.03. The van der Waals surface area contributed by atoms with Gasteiger partial charge in [0.25, 0.3) is 0 Å². The summed E-state index contributed by atoms with van der Waals surface area (Å²) in [6, 6.07) is 9.34. The van der Waals surface area contributed by atoms with Crippen LogP contribution in [0, 0.1) is 5.82 Å². The molecule has 100 valence electrons. The Morgan fingerprint density at radius 3 is 2.53 bits per heavy atom. The molecule has 0 fully saturated rings. The zero-order valence-corrected chi connectivity index (χ0v) is 11.7. The zero-order chi connectivity index (χ0) is 13.8. The fourth-order valence-corrected chi connectivity index (χ4v) is 2.21. The Hall–Kier alpha value is -1.45. The van der Waals surface area contributed by atoms with E-state index in [1.165, 1.54) is 12.3 Å². The minimum absolute atomic E-state index is 0.0113. The topological polar surface area (TPSA) is 24.9 Å². The average Bonchev–Trinajstić information content (AvgIpc) is 2.38. The van der Waals surface area contributed by atoms with E-state index in [1.807, 2.05) is 31.2 Å². The van der Waals surface area contributed by atoms with Gasteiger partial charge in [-0.3, -0.25) is 4.98 Å². The highest BCUT2D eigenvalue weighted by Crippen LogP contribution is 2.21. The molecule has 2 atom stereocenters. The number of pyridine rings is 1. The van der Waals surface area contributed by atoms with Crippen LogP contribution in [0.15, 0.2) is 42.7 Å². The van der Waals surface area contributed by atoms with Crippen LogP contribution in [0.5, 0.6) is 0 Å². The SMILES string of the molecule is CC(N[C@H](C)c1cccc(Cl)c1)c1cncc(F)c1. The van der Waals surface area contributed by atoms with Gasteiger partial charge in [0.15, 0.2) is 0 Å². The molecule has 0 aliphatic rings. The third kappa shape index (κ3) is 3.75. The number of nitrogens with one attached hydrogen (secondary N) is 1. The number of hydrogen-bond donors (Lipinski definition) is 1. The lowest BCUT2D eigenvalue weighted by atomic mass is 10.1. The Bertz CT molecular complexity index is 510. The lowest BCUT2D eigenvalue weighted by Crippen LogP contribution is -2.22. The molecule has 0 bridgehead atoms. The van der Waals surface area contributed by atoms with Crippen molar-refractivity contribution in [1.29, 1.82) is 0 Å². The van der Waals surface area contributed by atoms with Gasteiger partial charge in [-0.25, -0.2) is 4.39 Å². The second-order valence-corrected chi connectivity index (χ2v) is 5.04. The van der Waals surface area contributed by atoms with E-state index in [9.17, 15) is 4.39 Å². The summed E-state index contributed by atoms with van der Waals surface area (Å²) in [5.41, 5.74) is 1.93. The monoisotopic (exact) mass is 278 g/mol. The van der Waals surface area contributed by atoms with Gasteiger partial charge >= 0.3 is 0 Å². The van der Waals surface area contributed by atoms with Crippen LogP contribution < -0.4 is 5.32 Å². The normalized spacial score (nSPS) is 14.1. The van der Waals surface area contributed by atoms with Gasteiger partial charge in [0.1, 0.15) is 5.82 Å². The molecule has 1 heterocycles. The van der Waals surface area contributed by atoms with Crippen LogP contribution in [0.4, 0.5) is 4.39 Å². The largest absolute Gasteiger partial charge is 0.304 e. The fourth-order valence-electron chi connectivity index (χ4n) is 2.01. The first-order chi connectivity index (χ1) is 9.06. The van der Waals surface area contributed by atoms with Gasteiger partial charge in [0, 0.05) is 23.3 Å². The number of benzene rings is 1. The van der Waals surface area contributed by atoms with E-state index in [4.69, 9.17) is 11.6 Å². The van der Waals surface area contributed by atoms with Crippen LogP contribution in [0.25, 0.3) is 0 Å². The molecule has 0 saturated carbocycles. The third-order valence-electron chi connectivity index (χ3n) is 3.07. The van der Waals surface area contributed by atoms with Crippen molar-refractivity contribution in [2.75, 3.05) is 0 Å². The molecule has 4 heteroatoms. The van der Waals surface area contributed by atoms with Crippen molar-refractivity contribution >= 4 is 11.6 Å². The molecule has 0 saturated heterocycles. The number of hydrogen-bond acceptors (Lipinski definition) is 2. The minimum atomic E-state index is -0.318. The Kier molecular flexibility index (Phi) is 4.51. The molecule has 2 nitrogen and oxygen atoms in total. The Labute approximate surface area is 117 Å². The highest BCUT2D eigenvalue weighted by molar-refractivity contribution is 6.30. The van der Waals surface area contributed by atoms with Crippen molar-refractivity contribution in [3.05, 3.63) is 64.7 Å². The van der Waals surface area contributed by atoms with Crippen molar-refractivity contribution in [2.24, 2.45) is 0 Å². The summed E-state index contributed by atoms with van der Waals surface area (Å²) in [7, 11) is 0. The smallest absolute Gasteiger partial charge is 0.141 e. The molecule has 1 N–H and O–H groups in total. The number of aromatic nitrogens is 1. The van der Waals surface area contributed by atoms with Crippen LogP contribution in [0.1, 0.15) is 37.1 Å². The second kappa shape index (κ2) is 6.13. The summed E-state index contributed by atoms with van der Waals surface area (Å²) >= 11 is 5.98. The highest BCUT2D eigenvalue weighted by atomic mass is 35.5. The van der Waals surface area contributed by atoms with E-state index in [0.717, 1.165) is 11.1 Å². The van der Waals surface area contributed by atoms with Crippen molar-refractivity contribution in [1.82, 2.24) is 10.3 Å². The zero-order valence-electron chi connectivity index (χ0n) is 10.9. The maximum atomic E-state index is 13.1. The number of halogens is 2. The van der Waals surface area contributed by atoms with Crippen LogP contribution in [0.2, 0.25) is 5.02 Å². The van der Waals surface area contributed by atoms with Gasteiger partial charge in [-0.1, -0.05) is 23.7 Å². The van der Waals surface area contributed by atoms with E-state index in [0.29, 0.717) is 5.02 Å². The molecule has 0 amide bonds. The molecule has 0 radical (unpaired) electrons. The molecular formula is C15H16ClFN2. The van der Waals surface area contributed by atoms with Crippen LogP contribution in [-0.4, -0.2) is 4.98 Å². The van der Waals surface area contributed by atoms with Gasteiger partial charge in [0.05, 0.1) is 6.20 Å². The predicted molar refractivity (Wildman–Crippen MR) is 75.6 cm³/mol. The van der Waals surface area contributed by atoms with Crippen molar-refractivity contribution in [3.63, 3.8) is 0 Å². The van der Waals surface area contributed by atoms with E-state index in [2.05, 4.69) is 17.2 Å². The molecule has 0 aliphatic heterocycles. The first-order valence-corrected chi connectivity index (χ1v) is 6.56. The molecule has 1 aromatic heterocycles. The standard InChI is InChI=1S/C15H16ClFN2/c1-10(12-4-3-5-14(16)6-12)19-11(2)13-7-15(17)9-18-8-13/h3-11,19H,1-2H3/t10-,11?/m1/s1. The Balaban J connectivity index is 2.08. The van der Waals surface area contributed by atoms with E-state index in [1.54, 1.807) is 6.20 Å². The molecule has 19 heavy (non-hydrogen) atoms.